The van der Waals surface area contributed by atoms with Gasteiger partial charge >= 0.3 is 0 Å². The number of ether oxygens (including phenoxy) is 1. The van der Waals surface area contributed by atoms with Crippen LogP contribution < -0.4 is 10.1 Å². The van der Waals surface area contributed by atoms with Crippen LogP contribution in [0.3, 0.4) is 0 Å². The molecule has 4 rings (SSSR count). The van der Waals surface area contributed by atoms with Crippen LogP contribution in [-0.4, -0.2) is 15.7 Å². The largest absolute Gasteiger partial charge is 0.485 e. The molecule has 4 aromatic rings. The van der Waals surface area contributed by atoms with Crippen LogP contribution in [0, 0.1) is 56.8 Å². The first-order chi connectivity index (χ1) is 17.5. The van der Waals surface area contributed by atoms with Crippen LogP contribution in [0.4, 0.5) is 27.6 Å². The standard InChI is InChI=1S/C26H22F5N3O3/c1-12-6-5-7-13(2)25(12)36-11-16-8-9-18(37-16)26(35)32-24-14(3)33-34(15(24)4)10-17-19(27)21(29)23(31)22(30)20(17)28/h5-9H,10-11H2,1-4H3,(H,32,35). The first-order valence-corrected chi connectivity index (χ1v) is 11.1. The molecule has 6 nitrogen and oxygen atoms in total. The molecule has 2 aromatic heterocycles. The number of benzene rings is 2. The molecule has 2 heterocycles. The van der Waals surface area contributed by atoms with Crippen molar-refractivity contribution in [2.24, 2.45) is 0 Å². The number of rotatable bonds is 7. The summed E-state index contributed by atoms with van der Waals surface area (Å²) in [4.78, 5) is 12.8. The van der Waals surface area contributed by atoms with Gasteiger partial charge in [-0.1, -0.05) is 18.2 Å². The van der Waals surface area contributed by atoms with Gasteiger partial charge in [-0.2, -0.15) is 5.10 Å². The van der Waals surface area contributed by atoms with E-state index in [0.717, 1.165) is 21.6 Å². The van der Waals surface area contributed by atoms with Crippen LogP contribution in [-0.2, 0) is 13.2 Å². The van der Waals surface area contributed by atoms with Crippen LogP contribution in [0.25, 0.3) is 0 Å². The predicted octanol–water partition coefficient (Wildman–Crippen LogP) is 6.28. The topological polar surface area (TPSA) is 69.3 Å². The van der Waals surface area contributed by atoms with Crippen molar-refractivity contribution in [2.75, 3.05) is 5.32 Å². The van der Waals surface area contributed by atoms with Crippen molar-refractivity contribution >= 4 is 11.6 Å². The van der Waals surface area contributed by atoms with Crippen molar-refractivity contribution in [3.8, 4) is 5.75 Å². The van der Waals surface area contributed by atoms with Gasteiger partial charge in [0, 0.05) is 0 Å². The zero-order valence-electron chi connectivity index (χ0n) is 20.3. The van der Waals surface area contributed by atoms with Gasteiger partial charge in [-0.15, -0.1) is 0 Å². The second-order valence-electron chi connectivity index (χ2n) is 8.48. The van der Waals surface area contributed by atoms with E-state index >= 15 is 0 Å². The smallest absolute Gasteiger partial charge is 0.291 e. The molecule has 0 atom stereocenters. The molecule has 2 aromatic carbocycles. The second-order valence-corrected chi connectivity index (χ2v) is 8.48. The number of hydrogen-bond acceptors (Lipinski definition) is 4. The van der Waals surface area contributed by atoms with E-state index < -0.39 is 47.1 Å². The Balaban J connectivity index is 1.50. The van der Waals surface area contributed by atoms with Gasteiger partial charge in [-0.3, -0.25) is 9.48 Å². The number of hydrogen-bond donors (Lipinski definition) is 1. The summed E-state index contributed by atoms with van der Waals surface area (Å²) in [5.74, 6) is -9.73. The van der Waals surface area contributed by atoms with E-state index in [1.54, 1.807) is 6.07 Å². The molecule has 0 saturated heterocycles. The third kappa shape index (κ3) is 4.93. The van der Waals surface area contributed by atoms with Crippen molar-refractivity contribution in [3.63, 3.8) is 0 Å². The Morgan fingerprint density at radius 2 is 1.51 bits per heavy atom. The average Bonchev–Trinajstić information content (AvgIpc) is 3.44. The summed E-state index contributed by atoms with van der Waals surface area (Å²) >= 11 is 0. The van der Waals surface area contributed by atoms with Crippen LogP contribution >= 0.6 is 0 Å². The third-order valence-corrected chi connectivity index (χ3v) is 5.88. The van der Waals surface area contributed by atoms with E-state index in [2.05, 4.69) is 10.4 Å². The minimum absolute atomic E-state index is 0.0218. The summed E-state index contributed by atoms with van der Waals surface area (Å²) in [6, 6.07) is 8.81. The van der Waals surface area contributed by atoms with Gasteiger partial charge in [0.2, 0.25) is 5.82 Å². The second kappa shape index (κ2) is 10.1. The highest BCUT2D eigenvalue weighted by atomic mass is 19.2. The van der Waals surface area contributed by atoms with Crippen LogP contribution in [0.15, 0.2) is 34.7 Å². The minimum Gasteiger partial charge on any atom is -0.485 e. The van der Waals surface area contributed by atoms with Gasteiger partial charge in [-0.25, -0.2) is 22.0 Å². The van der Waals surface area contributed by atoms with E-state index in [1.807, 2.05) is 32.0 Å². The number of furan rings is 1. The lowest BCUT2D eigenvalue weighted by molar-refractivity contribution is 0.0992. The van der Waals surface area contributed by atoms with E-state index in [-0.39, 0.29) is 29.4 Å². The SMILES string of the molecule is Cc1cccc(C)c1OCc1ccc(C(=O)Nc2c(C)nn(Cc3c(F)c(F)c(F)c(F)c3F)c2C)o1. The number of aryl methyl sites for hydroxylation is 3. The van der Waals surface area contributed by atoms with Crippen molar-refractivity contribution in [2.45, 2.75) is 40.8 Å². The molecule has 1 N–H and O–H groups in total. The first-order valence-electron chi connectivity index (χ1n) is 11.1. The lowest BCUT2D eigenvalue weighted by Gasteiger charge is -2.10. The van der Waals surface area contributed by atoms with Crippen molar-refractivity contribution in [3.05, 3.63) is 99.0 Å². The fourth-order valence-corrected chi connectivity index (χ4v) is 3.89. The monoisotopic (exact) mass is 519 g/mol. The highest BCUT2D eigenvalue weighted by Crippen LogP contribution is 2.27. The summed E-state index contributed by atoms with van der Waals surface area (Å²) in [5, 5.41) is 6.70. The highest BCUT2D eigenvalue weighted by Gasteiger charge is 2.27. The fraction of sp³-hybridized carbons (Fsp3) is 0.231. The number of para-hydroxylation sites is 1. The molecule has 0 unspecified atom stereocenters. The summed E-state index contributed by atoms with van der Waals surface area (Å²) in [6.45, 7) is 6.18. The van der Waals surface area contributed by atoms with Gasteiger partial charge in [0.15, 0.2) is 29.0 Å². The lowest BCUT2D eigenvalue weighted by atomic mass is 10.1. The number of anilines is 1. The van der Waals surface area contributed by atoms with Crippen LogP contribution in [0.2, 0.25) is 0 Å². The quantitative estimate of drug-likeness (QED) is 0.177. The third-order valence-electron chi connectivity index (χ3n) is 5.88. The van der Waals surface area contributed by atoms with Crippen molar-refractivity contribution < 1.29 is 35.9 Å². The summed E-state index contributed by atoms with van der Waals surface area (Å²) in [5.41, 5.74) is 1.58. The number of carbonyl (C=O) groups excluding carboxylic acids is 1. The molecule has 0 radical (unpaired) electrons. The first kappa shape index (κ1) is 25.9. The Morgan fingerprint density at radius 1 is 0.919 bits per heavy atom. The van der Waals surface area contributed by atoms with Gasteiger partial charge in [0.05, 0.1) is 29.2 Å². The summed E-state index contributed by atoms with van der Waals surface area (Å²) in [7, 11) is 0. The average molecular weight is 519 g/mol. The highest BCUT2D eigenvalue weighted by molar-refractivity contribution is 6.02. The van der Waals surface area contributed by atoms with Gasteiger partial charge < -0.3 is 14.5 Å². The number of amides is 1. The van der Waals surface area contributed by atoms with Gasteiger partial charge in [-0.05, 0) is 51.0 Å². The zero-order valence-corrected chi connectivity index (χ0v) is 20.3. The van der Waals surface area contributed by atoms with Crippen molar-refractivity contribution in [1.82, 2.24) is 9.78 Å². The Morgan fingerprint density at radius 3 is 2.14 bits per heavy atom. The van der Waals surface area contributed by atoms with Crippen LogP contribution in [0.5, 0.6) is 5.75 Å². The van der Waals surface area contributed by atoms with E-state index in [4.69, 9.17) is 9.15 Å². The molecule has 0 aliphatic rings. The van der Waals surface area contributed by atoms with E-state index in [0.29, 0.717) is 5.76 Å². The maximum atomic E-state index is 14.1. The summed E-state index contributed by atoms with van der Waals surface area (Å²) < 4.78 is 81.2. The van der Waals surface area contributed by atoms with E-state index in [9.17, 15) is 26.7 Å². The molecule has 0 aliphatic heterocycles. The molecule has 194 valence electrons. The Bertz CT molecular complexity index is 1460. The van der Waals surface area contributed by atoms with Gasteiger partial charge in [0.25, 0.3) is 5.91 Å². The maximum Gasteiger partial charge on any atom is 0.291 e. The van der Waals surface area contributed by atoms with Gasteiger partial charge in [0.1, 0.15) is 18.1 Å². The Labute approximate surface area is 208 Å². The molecular formula is C26H22F5N3O3. The molecule has 0 aliphatic carbocycles. The fourth-order valence-electron chi connectivity index (χ4n) is 3.89. The normalized spacial score (nSPS) is 11.2. The maximum absolute atomic E-state index is 14.1. The molecule has 0 spiro atoms. The van der Waals surface area contributed by atoms with Crippen molar-refractivity contribution in [1.29, 1.82) is 0 Å². The summed E-state index contributed by atoms with van der Waals surface area (Å²) in [6.07, 6.45) is 0. The Hall–Kier alpha value is -4.15. The number of nitrogens with one attached hydrogen (secondary N) is 1. The number of aromatic nitrogens is 2. The lowest BCUT2D eigenvalue weighted by Crippen LogP contribution is -2.14. The zero-order chi connectivity index (χ0) is 27.0. The molecule has 11 heteroatoms. The van der Waals surface area contributed by atoms with Crippen LogP contribution in [0.1, 0.15) is 44.4 Å². The molecule has 37 heavy (non-hydrogen) atoms. The number of carbonyl (C=O) groups is 1. The predicted molar refractivity (Wildman–Crippen MR) is 124 cm³/mol. The number of nitrogens with zero attached hydrogens (tertiary/aromatic N) is 2. The molecule has 0 fully saturated rings. The Kier molecular flexibility index (Phi) is 7.06. The molecule has 1 amide bonds. The molecule has 0 saturated carbocycles. The molecular weight excluding hydrogens is 497 g/mol. The van der Waals surface area contributed by atoms with E-state index in [1.165, 1.54) is 19.9 Å². The molecule has 0 bridgehead atoms. The number of halogens is 5. The minimum atomic E-state index is -2.24.